The summed E-state index contributed by atoms with van der Waals surface area (Å²) in [7, 11) is 0. The fourth-order valence-corrected chi connectivity index (χ4v) is 2.39. The van der Waals surface area contributed by atoms with Crippen molar-refractivity contribution >= 4 is 39.9 Å². The Morgan fingerprint density at radius 3 is 2.68 bits per heavy atom. The van der Waals surface area contributed by atoms with Crippen LogP contribution in [0, 0.1) is 0 Å². The molecule has 0 bridgehead atoms. The number of alkyl halides is 1. The lowest BCUT2D eigenvalue weighted by molar-refractivity contribution is 0.211. The third-order valence-corrected chi connectivity index (χ3v) is 3.93. The van der Waals surface area contributed by atoms with Crippen molar-refractivity contribution in [1.82, 2.24) is 9.97 Å². The Balaban J connectivity index is 1.85. The highest BCUT2D eigenvalue weighted by atomic mass is 35.5. The minimum atomic E-state index is -0.566. The van der Waals surface area contributed by atoms with Gasteiger partial charge in [-0.3, -0.25) is 0 Å². The van der Waals surface area contributed by atoms with Gasteiger partial charge in [0.25, 0.3) is 0 Å². The second kappa shape index (κ2) is 6.57. The number of fused-ring (bicyclic) bond motifs is 1. The van der Waals surface area contributed by atoms with Crippen LogP contribution in [-0.4, -0.2) is 33.6 Å². The zero-order valence-corrected chi connectivity index (χ0v) is 13.2. The summed E-state index contributed by atoms with van der Waals surface area (Å²) >= 11 is 11.5. The molecule has 22 heavy (non-hydrogen) atoms. The van der Waals surface area contributed by atoms with Crippen LogP contribution in [0.2, 0.25) is 5.02 Å². The van der Waals surface area contributed by atoms with Crippen molar-refractivity contribution in [3.05, 3.63) is 47.5 Å². The van der Waals surface area contributed by atoms with Gasteiger partial charge in [0.2, 0.25) is 0 Å². The molecule has 0 fully saturated rings. The van der Waals surface area contributed by atoms with Crippen LogP contribution in [0.25, 0.3) is 22.4 Å². The number of benzene rings is 2. The van der Waals surface area contributed by atoms with Crippen LogP contribution in [0.1, 0.15) is 0 Å². The van der Waals surface area contributed by atoms with Crippen LogP contribution in [0.5, 0.6) is 0 Å². The predicted octanol–water partition coefficient (Wildman–Crippen LogP) is 3.89. The first-order chi connectivity index (χ1) is 10.7. The lowest BCUT2D eigenvalue weighted by Gasteiger charge is -2.09. The lowest BCUT2D eigenvalue weighted by atomic mass is 10.2. The fraction of sp³-hybridized carbons (Fsp3) is 0.188. The zero-order chi connectivity index (χ0) is 15.5. The molecule has 2 aromatic carbocycles. The van der Waals surface area contributed by atoms with Crippen molar-refractivity contribution in [2.24, 2.45) is 0 Å². The number of H-pyrrole nitrogens is 1. The highest BCUT2D eigenvalue weighted by Gasteiger charge is 2.07. The molecule has 3 aromatic rings. The van der Waals surface area contributed by atoms with Gasteiger partial charge in [0.15, 0.2) is 0 Å². The summed E-state index contributed by atoms with van der Waals surface area (Å²) in [6.07, 6.45) is -0.566. The monoisotopic (exact) mass is 335 g/mol. The maximum absolute atomic E-state index is 9.48. The SMILES string of the molecule is OC(CCl)CNc1ccc2nc(-c3ccc(Cl)cc3)[nH]c2c1. The van der Waals surface area contributed by atoms with E-state index in [0.29, 0.717) is 11.6 Å². The molecule has 3 N–H and O–H groups in total. The van der Waals surface area contributed by atoms with Crippen LogP contribution in [-0.2, 0) is 0 Å². The Hall–Kier alpha value is -1.75. The van der Waals surface area contributed by atoms with Crippen molar-refractivity contribution in [3.63, 3.8) is 0 Å². The molecule has 114 valence electrons. The molecular formula is C16H15Cl2N3O. The first-order valence-corrected chi connectivity index (χ1v) is 7.80. The zero-order valence-electron chi connectivity index (χ0n) is 11.7. The van der Waals surface area contributed by atoms with Crippen molar-refractivity contribution in [1.29, 1.82) is 0 Å². The number of aliphatic hydroxyl groups is 1. The van der Waals surface area contributed by atoms with Gasteiger partial charge >= 0.3 is 0 Å². The minimum Gasteiger partial charge on any atom is -0.390 e. The molecule has 4 nitrogen and oxygen atoms in total. The number of aromatic nitrogens is 2. The molecule has 0 spiro atoms. The summed E-state index contributed by atoms with van der Waals surface area (Å²) in [4.78, 5) is 7.86. The smallest absolute Gasteiger partial charge is 0.138 e. The van der Waals surface area contributed by atoms with E-state index in [9.17, 15) is 5.11 Å². The molecule has 3 rings (SSSR count). The van der Waals surface area contributed by atoms with E-state index in [-0.39, 0.29) is 5.88 Å². The van der Waals surface area contributed by atoms with Gasteiger partial charge in [-0.2, -0.15) is 0 Å². The molecular weight excluding hydrogens is 321 g/mol. The molecule has 0 aliphatic carbocycles. The van der Waals surface area contributed by atoms with Gasteiger partial charge in [-0.15, -0.1) is 11.6 Å². The topological polar surface area (TPSA) is 60.9 Å². The Labute approximate surface area is 138 Å². The average molecular weight is 336 g/mol. The van der Waals surface area contributed by atoms with E-state index in [1.54, 1.807) is 0 Å². The molecule has 0 saturated carbocycles. The van der Waals surface area contributed by atoms with Gasteiger partial charge in [0, 0.05) is 22.8 Å². The third-order valence-electron chi connectivity index (χ3n) is 3.32. The second-order valence-corrected chi connectivity index (χ2v) is 5.76. The van der Waals surface area contributed by atoms with Gasteiger partial charge in [-0.1, -0.05) is 11.6 Å². The number of imidazole rings is 1. The van der Waals surface area contributed by atoms with Gasteiger partial charge < -0.3 is 15.4 Å². The molecule has 1 heterocycles. The van der Waals surface area contributed by atoms with Crippen molar-refractivity contribution < 1.29 is 5.11 Å². The molecule has 0 aliphatic heterocycles. The summed E-state index contributed by atoms with van der Waals surface area (Å²) in [5, 5.41) is 13.3. The first kappa shape index (κ1) is 15.2. The summed E-state index contributed by atoms with van der Waals surface area (Å²) < 4.78 is 0. The summed E-state index contributed by atoms with van der Waals surface area (Å²) in [6.45, 7) is 0.410. The number of aromatic amines is 1. The number of hydrogen-bond donors (Lipinski definition) is 3. The molecule has 0 amide bonds. The number of rotatable bonds is 5. The minimum absolute atomic E-state index is 0.208. The van der Waals surface area contributed by atoms with Crippen molar-refractivity contribution in [2.75, 3.05) is 17.7 Å². The molecule has 0 radical (unpaired) electrons. The van der Waals surface area contributed by atoms with E-state index in [1.807, 2.05) is 42.5 Å². The van der Waals surface area contributed by atoms with Crippen LogP contribution in [0.3, 0.4) is 0 Å². The van der Waals surface area contributed by atoms with E-state index in [1.165, 1.54) is 0 Å². The first-order valence-electron chi connectivity index (χ1n) is 6.89. The van der Waals surface area contributed by atoms with Crippen LogP contribution < -0.4 is 5.32 Å². The molecule has 1 aromatic heterocycles. The highest BCUT2D eigenvalue weighted by Crippen LogP contribution is 2.24. The van der Waals surface area contributed by atoms with E-state index in [2.05, 4.69) is 15.3 Å². The third kappa shape index (κ3) is 3.35. The largest absolute Gasteiger partial charge is 0.390 e. The molecule has 0 aliphatic rings. The number of hydrogen-bond acceptors (Lipinski definition) is 3. The van der Waals surface area contributed by atoms with Crippen LogP contribution >= 0.6 is 23.2 Å². The molecule has 1 atom stereocenters. The Morgan fingerprint density at radius 1 is 1.18 bits per heavy atom. The number of aliphatic hydroxyl groups excluding tert-OH is 1. The summed E-state index contributed by atoms with van der Waals surface area (Å²) in [5.74, 6) is 1.00. The van der Waals surface area contributed by atoms with E-state index in [0.717, 1.165) is 28.1 Å². The summed E-state index contributed by atoms with van der Waals surface area (Å²) in [5.41, 5.74) is 3.69. The van der Waals surface area contributed by atoms with Crippen molar-refractivity contribution in [3.8, 4) is 11.4 Å². The van der Waals surface area contributed by atoms with Crippen molar-refractivity contribution in [2.45, 2.75) is 6.10 Å². The predicted molar refractivity (Wildman–Crippen MR) is 91.8 cm³/mol. The Morgan fingerprint density at radius 2 is 1.95 bits per heavy atom. The number of anilines is 1. The van der Waals surface area contributed by atoms with E-state index < -0.39 is 6.10 Å². The number of nitrogens with one attached hydrogen (secondary N) is 2. The molecule has 0 saturated heterocycles. The maximum Gasteiger partial charge on any atom is 0.138 e. The van der Waals surface area contributed by atoms with Gasteiger partial charge in [0.1, 0.15) is 5.82 Å². The standard InChI is InChI=1S/C16H15Cl2N3O/c17-8-13(22)9-19-12-5-6-14-15(7-12)21-16(20-14)10-1-3-11(18)4-2-10/h1-7,13,19,22H,8-9H2,(H,20,21). The van der Waals surface area contributed by atoms with Gasteiger partial charge in [0.05, 0.1) is 23.0 Å². The number of nitrogens with zero attached hydrogens (tertiary/aromatic N) is 1. The number of halogens is 2. The maximum atomic E-state index is 9.48. The average Bonchev–Trinajstić information content (AvgIpc) is 2.96. The van der Waals surface area contributed by atoms with E-state index in [4.69, 9.17) is 23.2 Å². The fourth-order valence-electron chi connectivity index (χ4n) is 2.15. The highest BCUT2D eigenvalue weighted by molar-refractivity contribution is 6.30. The van der Waals surface area contributed by atoms with Crippen LogP contribution in [0.15, 0.2) is 42.5 Å². The lowest BCUT2D eigenvalue weighted by Crippen LogP contribution is -2.20. The molecule has 6 heteroatoms. The Bertz CT molecular complexity index is 771. The normalized spacial score (nSPS) is 12.5. The quantitative estimate of drug-likeness (QED) is 0.620. The van der Waals surface area contributed by atoms with Gasteiger partial charge in [-0.25, -0.2) is 4.98 Å². The van der Waals surface area contributed by atoms with E-state index >= 15 is 0 Å². The van der Waals surface area contributed by atoms with Gasteiger partial charge in [-0.05, 0) is 42.5 Å². The summed E-state index contributed by atoms with van der Waals surface area (Å²) in [6, 6.07) is 13.3. The Kier molecular flexibility index (Phi) is 4.52. The van der Waals surface area contributed by atoms with Crippen LogP contribution in [0.4, 0.5) is 5.69 Å². The second-order valence-electron chi connectivity index (χ2n) is 5.01. The molecule has 1 unspecified atom stereocenters.